The van der Waals surface area contributed by atoms with Crippen LogP contribution in [0.4, 0.5) is 5.69 Å². The molecule has 1 aromatic rings. The smallest absolute Gasteiger partial charge is 0.248 e. The van der Waals surface area contributed by atoms with Crippen LogP contribution in [0.25, 0.3) is 0 Å². The van der Waals surface area contributed by atoms with Gasteiger partial charge in [0.2, 0.25) is 5.91 Å². The molecule has 1 aliphatic heterocycles. The van der Waals surface area contributed by atoms with Gasteiger partial charge in [-0.1, -0.05) is 25.8 Å². The van der Waals surface area contributed by atoms with Gasteiger partial charge in [0, 0.05) is 17.8 Å². The van der Waals surface area contributed by atoms with E-state index in [1.54, 1.807) is 12.1 Å². The van der Waals surface area contributed by atoms with E-state index < -0.39 is 5.91 Å². The zero-order chi connectivity index (χ0) is 14.5. The maximum atomic E-state index is 11.1. The lowest BCUT2D eigenvalue weighted by atomic mass is 9.92. The van der Waals surface area contributed by atoms with Crippen molar-refractivity contribution in [3.05, 3.63) is 29.3 Å². The molecule has 0 bridgehead atoms. The summed E-state index contributed by atoms with van der Waals surface area (Å²) in [6.07, 6.45) is 5.20. The molecule has 0 saturated carbocycles. The summed E-state index contributed by atoms with van der Waals surface area (Å²) in [7, 11) is 0. The first-order chi connectivity index (χ1) is 9.60. The van der Waals surface area contributed by atoms with Crippen LogP contribution in [0.1, 0.15) is 48.5 Å². The Morgan fingerprint density at radius 2 is 2.05 bits per heavy atom. The minimum atomic E-state index is -0.427. The Labute approximate surface area is 121 Å². The summed E-state index contributed by atoms with van der Waals surface area (Å²) in [6, 6.07) is 5.37. The fraction of sp³-hybridized carbons (Fsp3) is 0.562. The molecule has 1 aromatic carbocycles. The molecular formula is C16H25N3O. The molecule has 110 valence electrons. The Morgan fingerprint density at radius 1 is 1.35 bits per heavy atom. The van der Waals surface area contributed by atoms with Gasteiger partial charge in [-0.15, -0.1) is 0 Å². The van der Waals surface area contributed by atoms with Gasteiger partial charge in [0.25, 0.3) is 0 Å². The number of anilines is 1. The van der Waals surface area contributed by atoms with Crippen molar-refractivity contribution in [3.63, 3.8) is 0 Å². The Kier molecular flexibility index (Phi) is 5.01. The third-order valence-corrected chi connectivity index (χ3v) is 4.23. The number of nitrogen functional groups attached to an aromatic ring is 1. The van der Waals surface area contributed by atoms with Crippen molar-refractivity contribution in [2.24, 2.45) is 11.7 Å². The van der Waals surface area contributed by atoms with Gasteiger partial charge in [0.05, 0.1) is 0 Å². The van der Waals surface area contributed by atoms with Crippen LogP contribution in [0.15, 0.2) is 18.2 Å². The number of piperidine rings is 1. The number of hydrogen-bond donors (Lipinski definition) is 2. The number of amides is 1. The summed E-state index contributed by atoms with van der Waals surface area (Å²) in [4.78, 5) is 13.6. The third-order valence-electron chi connectivity index (χ3n) is 4.23. The molecule has 1 heterocycles. The van der Waals surface area contributed by atoms with Crippen LogP contribution in [0.3, 0.4) is 0 Å². The van der Waals surface area contributed by atoms with Gasteiger partial charge < -0.3 is 11.5 Å². The largest absolute Gasteiger partial charge is 0.398 e. The molecular weight excluding hydrogens is 250 g/mol. The summed E-state index contributed by atoms with van der Waals surface area (Å²) in [5.41, 5.74) is 13.5. The van der Waals surface area contributed by atoms with Crippen LogP contribution >= 0.6 is 0 Å². The van der Waals surface area contributed by atoms with Crippen molar-refractivity contribution >= 4 is 11.6 Å². The van der Waals surface area contributed by atoms with Gasteiger partial charge >= 0.3 is 0 Å². The number of carbonyl (C=O) groups is 1. The van der Waals surface area contributed by atoms with E-state index in [2.05, 4.69) is 11.8 Å². The third kappa shape index (κ3) is 3.73. The molecule has 20 heavy (non-hydrogen) atoms. The van der Waals surface area contributed by atoms with E-state index in [1.807, 2.05) is 6.07 Å². The van der Waals surface area contributed by atoms with Crippen LogP contribution < -0.4 is 11.5 Å². The Balaban J connectivity index is 1.93. The monoisotopic (exact) mass is 275 g/mol. The molecule has 0 radical (unpaired) electrons. The SMILES string of the molecule is CCCC1CCN(Cc2ccc(C(N)=O)cc2N)CC1. The second-order valence-corrected chi connectivity index (χ2v) is 5.79. The summed E-state index contributed by atoms with van der Waals surface area (Å²) >= 11 is 0. The normalized spacial score (nSPS) is 17.2. The first kappa shape index (κ1) is 14.9. The summed E-state index contributed by atoms with van der Waals surface area (Å²) < 4.78 is 0. The molecule has 4 nitrogen and oxygen atoms in total. The van der Waals surface area contributed by atoms with Gasteiger partial charge in [-0.25, -0.2) is 0 Å². The van der Waals surface area contributed by atoms with Crippen molar-refractivity contribution in [3.8, 4) is 0 Å². The molecule has 0 aromatic heterocycles. The first-order valence-corrected chi connectivity index (χ1v) is 7.50. The molecule has 0 atom stereocenters. The number of nitrogens with zero attached hydrogens (tertiary/aromatic N) is 1. The highest BCUT2D eigenvalue weighted by atomic mass is 16.1. The molecule has 2 rings (SSSR count). The lowest BCUT2D eigenvalue weighted by Crippen LogP contribution is -2.33. The van der Waals surface area contributed by atoms with E-state index >= 15 is 0 Å². The van der Waals surface area contributed by atoms with Crippen molar-refractivity contribution in [1.82, 2.24) is 4.90 Å². The fourth-order valence-corrected chi connectivity index (χ4v) is 2.97. The van der Waals surface area contributed by atoms with Crippen LogP contribution in [0.2, 0.25) is 0 Å². The number of rotatable bonds is 5. The van der Waals surface area contributed by atoms with E-state index in [9.17, 15) is 4.79 Å². The van der Waals surface area contributed by atoms with E-state index in [1.165, 1.54) is 25.7 Å². The number of carbonyl (C=O) groups excluding carboxylic acids is 1. The number of likely N-dealkylation sites (tertiary alicyclic amines) is 1. The number of benzene rings is 1. The average molecular weight is 275 g/mol. The molecule has 1 fully saturated rings. The minimum Gasteiger partial charge on any atom is -0.398 e. The maximum Gasteiger partial charge on any atom is 0.248 e. The van der Waals surface area contributed by atoms with Gasteiger partial charge in [-0.3, -0.25) is 9.69 Å². The predicted molar refractivity (Wildman–Crippen MR) is 82.3 cm³/mol. The Morgan fingerprint density at radius 3 is 2.60 bits per heavy atom. The fourth-order valence-electron chi connectivity index (χ4n) is 2.97. The highest BCUT2D eigenvalue weighted by Crippen LogP contribution is 2.24. The molecule has 4 N–H and O–H groups in total. The summed E-state index contributed by atoms with van der Waals surface area (Å²) in [5, 5.41) is 0. The predicted octanol–water partition coefficient (Wildman–Crippen LogP) is 2.38. The zero-order valence-corrected chi connectivity index (χ0v) is 12.3. The average Bonchev–Trinajstić information content (AvgIpc) is 2.43. The van der Waals surface area contributed by atoms with E-state index in [4.69, 9.17) is 11.5 Å². The lowest BCUT2D eigenvalue weighted by Gasteiger charge is -2.32. The van der Waals surface area contributed by atoms with Crippen molar-refractivity contribution in [2.75, 3.05) is 18.8 Å². The second kappa shape index (κ2) is 6.75. The first-order valence-electron chi connectivity index (χ1n) is 7.50. The molecule has 1 saturated heterocycles. The number of nitrogens with two attached hydrogens (primary N) is 2. The minimum absolute atomic E-state index is 0.427. The quantitative estimate of drug-likeness (QED) is 0.810. The molecule has 0 aliphatic carbocycles. The van der Waals surface area contributed by atoms with Crippen molar-refractivity contribution < 1.29 is 4.79 Å². The van der Waals surface area contributed by atoms with Gasteiger partial charge in [-0.05, 0) is 49.5 Å². The highest BCUT2D eigenvalue weighted by Gasteiger charge is 2.19. The number of primary amides is 1. The van der Waals surface area contributed by atoms with Crippen LogP contribution in [0, 0.1) is 5.92 Å². The molecule has 1 aliphatic rings. The van der Waals surface area contributed by atoms with Crippen molar-refractivity contribution in [2.45, 2.75) is 39.2 Å². The van der Waals surface area contributed by atoms with Crippen molar-refractivity contribution in [1.29, 1.82) is 0 Å². The summed E-state index contributed by atoms with van der Waals surface area (Å²) in [5.74, 6) is 0.467. The maximum absolute atomic E-state index is 11.1. The molecule has 0 spiro atoms. The standard InChI is InChI=1S/C16H25N3O/c1-2-3-12-6-8-19(9-7-12)11-14-5-4-13(16(18)20)10-15(14)17/h4-5,10,12H,2-3,6-9,11,17H2,1H3,(H2,18,20). The van der Waals surface area contributed by atoms with Crippen LogP contribution in [0.5, 0.6) is 0 Å². The van der Waals surface area contributed by atoms with E-state index in [-0.39, 0.29) is 0 Å². The van der Waals surface area contributed by atoms with E-state index in [0.717, 1.165) is 31.1 Å². The Hall–Kier alpha value is -1.55. The van der Waals surface area contributed by atoms with Crippen LogP contribution in [-0.2, 0) is 6.54 Å². The second-order valence-electron chi connectivity index (χ2n) is 5.79. The molecule has 4 heteroatoms. The molecule has 0 unspecified atom stereocenters. The Bertz CT molecular complexity index is 465. The lowest BCUT2D eigenvalue weighted by molar-refractivity contribution is 0.100. The van der Waals surface area contributed by atoms with E-state index in [0.29, 0.717) is 11.3 Å². The molecule has 1 amide bonds. The van der Waals surface area contributed by atoms with Gasteiger partial charge in [0.15, 0.2) is 0 Å². The van der Waals surface area contributed by atoms with Crippen LogP contribution in [-0.4, -0.2) is 23.9 Å². The zero-order valence-electron chi connectivity index (χ0n) is 12.3. The summed E-state index contributed by atoms with van der Waals surface area (Å²) in [6.45, 7) is 5.40. The number of hydrogen-bond acceptors (Lipinski definition) is 3. The van der Waals surface area contributed by atoms with Gasteiger partial charge in [-0.2, -0.15) is 0 Å². The topological polar surface area (TPSA) is 72.3 Å². The highest BCUT2D eigenvalue weighted by molar-refractivity contribution is 5.93. The van der Waals surface area contributed by atoms with Gasteiger partial charge in [0.1, 0.15) is 0 Å².